The Kier molecular flexibility index (Phi) is 4.27. The third-order valence-corrected chi connectivity index (χ3v) is 4.52. The summed E-state index contributed by atoms with van der Waals surface area (Å²) in [4.78, 5) is 16.2. The number of nitrogens with one attached hydrogen (secondary N) is 1. The second-order valence-electron chi connectivity index (χ2n) is 6.09. The van der Waals surface area contributed by atoms with Crippen LogP contribution in [0.3, 0.4) is 0 Å². The lowest BCUT2D eigenvalue weighted by atomic mass is 10.0. The molecule has 1 aromatic heterocycles. The Bertz CT molecular complexity index is 1080. The number of carbonyl (C=O) groups excluding carboxylic acids is 1. The fraction of sp³-hybridized carbons (Fsp3) is 0.143. The number of rotatable bonds is 4. The summed E-state index contributed by atoms with van der Waals surface area (Å²) in [6.07, 6.45) is -0.464. The molecule has 0 bridgehead atoms. The molecule has 0 fully saturated rings. The molecule has 5 heteroatoms. The third kappa shape index (κ3) is 2.99. The second-order valence-corrected chi connectivity index (χ2v) is 6.09. The van der Waals surface area contributed by atoms with Crippen molar-refractivity contribution in [2.75, 3.05) is 7.11 Å². The van der Waals surface area contributed by atoms with Gasteiger partial charge in [0.25, 0.3) is 0 Å². The van der Waals surface area contributed by atoms with Crippen molar-refractivity contribution in [2.24, 2.45) is 0 Å². The van der Waals surface area contributed by atoms with Crippen LogP contribution in [0.1, 0.15) is 11.4 Å². The summed E-state index contributed by atoms with van der Waals surface area (Å²) in [6, 6.07) is 22.7. The number of fused-ring (bicyclic) bond motifs is 2. The lowest BCUT2D eigenvalue weighted by Crippen LogP contribution is -2.24. The molecule has 130 valence electrons. The van der Waals surface area contributed by atoms with Crippen molar-refractivity contribution in [3.63, 3.8) is 0 Å². The summed E-state index contributed by atoms with van der Waals surface area (Å²) in [6.45, 7) is 0.992. The molecule has 0 radical (unpaired) electrons. The number of amides is 1. The molecule has 0 saturated carbocycles. The molecule has 0 saturated heterocycles. The maximum atomic E-state index is 11.5. The van der Waals surface area contributed by atoms with E-state index in [4.69, 9.17) is 0 Å². The van der Waals surface area contributed by atoms with E-state index >= 15 is 0 Å². The van der Waals surface area contributed by atoms with Gasteiger partial charge in [0.15, 0.2) is 0 Å². The molecule has 0 aliphatic heterocycles. The number of benzene rings is 3. The van der Waals surface area contributed by atoms with Crippen molar-refractivity contribution in [1.82, 2.24) is 14.9 Å². The van der Waals surface area contributed by atoms with Crippen LogP contribution in [-0.4, -0.2) is 22.8 Å². The average molecular weight is 345 g/mol. The van der Waals surface area contributed by atoms with Gasteiger partial charge in [-0.1, -0.05) is 54.6 Å². The molecule has 4 rings (SSSR count). The van der Waals surface area contributed by atoms with Gasteiger partial charge >= 0.3 is 6.09 Å². The molecule has 3 aromatic carbocycles. The fourth-order valence-electron chi connectivity index (χ4n) is 3.26. The number of hydrogen-bond donors (Lipinski definition) is 1. The number of ether oxygens (including phenoxy) is 1. The molecule has 1 heterocycles. The molecule has 5 nitrogen and oxygen atoms in total. The highest BCUT2D eigenvalue weighted by Gasteiger charge is 2.13. The average Bonchev–Trinajstić information content (AvgIpc) is 3.04. The standard InChI is InChI=1S/C21H19N3O2/c1-26-21(25)22-13-20-23-18-11-4-5-12-19(18)24(20)14-16-9-6-8-15-7-2-3-10-17(15)16/h2-12H,13-14H2,1H3,(H,22,25). The van der Waals surface area contributed by atoms with Crippen LogP contribution in [0.4, 0.5) is 4.79 Å². The van der Waals surface area contributed by atoms with E-state index in [0.717, 1.165) is 16.9 Å². The molecule has 1 amide bonds. The number of carbonyl (C=O) groups is 1. The Balaban J connectivity index is 1.78. The molecule has 0 aliphatic carbocycles. The van der Waals surface area contributed by atoms with Gasteiger partial charge in [0.2, 0.25) is 0 Å². The zero-order valence-electron chi connectivity index (χ0n) is 14.5. The van der Waals surface area contributed by atoms with Crippen LogP contribution in [0.15, 0.2) is 66.7 Å². The molecule has 0 aliphatic rings. The Morgan fingerprint density at radius 2 is 1.81 bits per heavy atom. The topological polar surface area (TPSA) is 56.1 Å². The summed E-state index contributed by atoms with van der Waals surface area (Å²) in [5.74, 6) is 0.796. The van der Waals surface area contributed by atoms with E-state index in [9.17, 15) is 4.79 Å². The number of alkyl carbamates (subject to hydrolysis) is 1. The van der Waals surface area contributed by atoms with E-state index in [-0.39, 0.29) is 0 Å². The summed E-state index contributed by atoms with van der Waals surface area (Å²) in [7, 11) is 1.36. The smallest absolute Gasteiger partial charge is 0.407 e. The lowest BCUT2D eigenvalue weighted by molar-refractivity contribution is 0.170. The minimum atomic E-state index is -0.464. The molecule has 0 unspecified atom stereocenters. The molecule has 0 atom stereocenters. The summed E-state index contributed by atoms with van der Waals surface area (Å²) < 4.78 is 6.82. The van der Waals surface area contributed by atoms with Crippen molar-refractivity contribution in [3.05, 3.63) is 78.1 Å². The SMILES string of the molecule is COC(=O)NCc1nc2ccccc2n1Cc1cccc2ccccc12. The zero-order chi connectivity index (χ0) is 17.9. The Morgan fingerprint density at radius 1 is 1.04 bits per heavy atom. The maximum Gasteiger partial charge on any atom is 0.407 e. The molecule has 1 N–H and O–H groups in total. The minimum absolute atomic E-state index is 0.312. The predicted molar refractivity (Wildman–Crippen MR) is 102 cm³/mol. The fourth-order valence-corrected chi connectivity index (χ4v) is 3.26. The van der Waals surface area contributed by atoms with Crippen LogP contribution in [-0.2, 0) is 17.8 Å². The van der Waals surface area contributed by atoms with E-state index in [1.807, 2.05) is 24.3 Å². The van der Waals surface area contributed by atoms with E-state index in [1.54, 1.807) is 0 Å². The van der Waals surface area contributed by atoms with Gasteiger partial charge in [-0.2, -0.15) is 0 Å². The number of hydrogen-bond acceptors (Lipinski definition) is 3. The Morgan fingerprint density at radius 3 is 2.69 bits per heavy atom. The largest absolute Gasteiger partial charge is 0.453 e. The third-order valence-electron chi connectivity index (χ3n) is 4.52. The van der Waals surface area contributed by atoms with Crippen molar-refractivity contribution >= 4 is 27.9 Å². The van der Waals surface area contributed by atoms with Crippen LogP contribution in [0.5, 0.6) is 0 Å². The van der Waals surface area contributed by atoms with Crippen LogP contribution in [0, 0.1) is 0 Å². The van der Waals surface area contributed by atoms with Gasteiger partial charge < -0.3 is 14.6 Å². The molecule has 4 aromatic rings. The van der Waals surface area contributed by atoms with Crippen molar-refractivity contribution in [2.45, 2.75) is 13.1 Å². The first kappa shape index (κ1) is 16.1. The van der Waals surface area contributed by atoms with Gasteiger partial charge in [-0.25, -0.2) is 9.78 Å². The molecule has 0 spiro atoms. The van der Waals surface area contributed by atoms with Gasteiger partial charge in [-0.3, -0.25) is 0 Å². The van der Waals surface area contributed by atoms with Crippen LogP contribution in [0.25, 0.3) is 21.8 Å². The monoisotopic (exact) mass is 345 g/mol. The van der Waals surface area contributed by atoms with Gasteiger partial charge in [-0.15, -0.1) is 0 Å². The zero-order valence-corrected chi connectivity index (χ0v) is 14.5. The molecular formula is C21H19N3O2. The number of methoxy groups -OCH3 is 1. The Labute approximate surface area is 151 Å². The number of aromatic nitrogens is 2. The van der Waals surface area contributed by atoms with Crippen LogP contribution < -0.4 is 5.32 Å². The quantitative estimate of drug-likeness (QED) is 0.606. The van der Waals surface area contributed by atoms with Gasteiger partial charge in [-0.05, 0) is 28.5 Å². The minimum Gasteiger partial charge on any atom is -0.453 e. The normalized spacial score (nSPS) is 11.0. The van der Waals surface area contributed by atoms with E-state index in [1.165, 1.54) is 23.4 Å². The maximum absolute atomic E-state index is 11.5. The first-order chi connectivity index (χ1) is 12.8. The number of nitrogens with zero attached hydrogens (tertiary/aromatic N) is 2. The van der Waals surface area contributed by atoms with Gasteiger partial charge in [0.1, 0.15) is 5.82 Å². The van der Waals surface area contributed by atoms with Crippen molar-refractivity contribution in [1.29, 1.82) is 0 Å². The van der Waals surface area contributed by atoms with E-state index in [0.29, 0.717) is 13.1 Å². The summed E-state index contributed by atoms with van der Waals surface area (Å²) >= 11 is 0. The number of para-hydroxylation sites is 2. The van der Waals surface area contributed by atoms with E-state index in [2.05, 4.69) is 62.1 Å². The van der Waals surface area contributed by atoms with Crippen molar-refractivity contribution in [3.8, 4) is 0 Å². The first-order valence-electron chi connectivity index (χ1n) is 8.49. The highest BCUT2D eigenvalue weighted by molar-refractivity contribution is 5.86. The van der Waals surface area contributed by atoms with Crippen LogP contribution in [0.2, 0.25) is 0 Å². The highest BCUT2D eigenvalue weighted by Crippen LogP contribution is 2.23. The molecular weight excluding hydrogens is 326 g/mol. The Hall–Kier alpha value is -3.34. The van der Waals surface area contributed by atoms with Crippen LogP contribution >= 0.6 is 0 Å². The van der Waals surface area contributed by atoms with Gasteiger partial charge in [0, 0.05) is 0 Å². The predicted octanol–water partition coefficient (Wildman–Crippen LogP) is 4.09. The van der Waals surface area contributed by atoms with E-state index < -0.39 is 6.09 Å². The lowest BCUT2D eigenvalue weighted by Gasteiger charge is -2.12. The first-order valence-corrected chi connectivity index (χ1v) is 8.49. The van der Waals surface area contributed by atoms with Crippen molar-refractivity contribution < 1.29 is 9.53 Å². The highest BCUT2D eigenvalue weighted by atomic mass is 16.5. The summed E-state index contributed by atoms with van der Waals surface area (Å²) in [5, 5.41) is 5.16. The number of imidazole rings is 1. The van der Waals surface area contributed by atoms with Gasteiger partial charge in [0.05, 0.1) is 31.2 Å². The molecule has 26 heavy (non-hydrogen) atoms. The summed E-state index contributed by atoms with van der Waals surface area (Å²) in [5.41, 5.74) is 3.17. The second kappa shape index (κ2) is 6.88.